The van der Waals surface area contributed by atoms with Crippen molar-refractivity contribution in [1.29, 1.82) is 0 Å². The predicted octanol–water partition coefficient (Wildman–Crippen LogP) is 3.28. The lowest BCUT2D eigenvalue weighted by Crippen LogP contribution is -1.95. The molecule has 0 bridgehead atoms. The number of imidazole rings is 1. The van der Waals surface area contributed by atoms with Gasteiger partial charge in [-0.15, -0.1) is 11.3 Å². The molecule has 1 aliphatic rings. The van der Waals surface area contributed by atoms with Gasteiger partial charge in [0.1, 0.15) is 0 Å². The molecule has 0 spiro atoms. The topological polar surface area (TPSA) is 17.3 Å². The van der Waals surface area contributed by atoms with E-state index in [1.54, 1.807) is 0 Å². The summed E-state index contributed by atoms with van der Waals surface area (Å²) in [5.41, 5.74) is 4.25. The van der Waals surface area contributed by atoms with Crippen molar-refractivity contribution in [3.05, 3.63) is 22.0 Å². The van der Waals surface area contributed by atoms with Crippen LogP contribution in [0.3, 0.4) is 0 Å². The second-order valence-electron chi connectivity index (χ2n) is 4.43. The summed E-state index contributed by atoms with van der Waals surface area (Å²) in [4.78, 5) is 7.39. The summed E-state index contributed by atoms with van der Waals surface area (Å²) in [6.07, 6.45) is 6.40. The van der Waals surface area contributed by atoms with E-state index in [0.29, 0.717) is 0 Å². The average molecular weight is 220 g/mol. The van der Waals surface area contributed by atoms with Gasteiger partial charge in [-0.25, -0.2) is 4.98 Å². The first-order valence-corrected chi connectivity index (χ1v) is 6.55. The number of hydrogen-bond acceptors (Lipinski definition) is 2. The molecule has 0 aromatic carbocycles. The molecule has 0 atom stereocenters. The fraction of sp³-hybridized carbons (Fsp3) is 0.583. The van der Waals surface area contributed by atoms with Gasteiger partial charge in [-0.1, -0.05) is 6.42 Å². The average Bonchev–Trinajstić information content (AvgIpc) is 2.55. The third-order valence-corrected chi connectivity index (χ3v) is 4.50. The predicted molar refractivity (Wildman–Crippen MR) is 63.8 cm³/mol. The van der Waals surface area contributed by atoms with Crippen molar-refractivity contribution in [1.82, 2.24) is 9.38 Å². The zero-order valence-electron chi connectivity index (χ0n) is 9.34. The van der Waals surface area contributed by atoms with Gasteiger partial charge in [0.25, 0.3) is 0 Å². The first kappa shape index (κ1) is 9.40. The zero-order valence-corrected chi connectivity index (χ0v) is 10.2. The van der Waals surface area contributed by atoms with Gasteiger partial charge in [0.15, 0.2) is 4.96 Å². The van der Waals surface area contributed by atoms with Crippen molar-refractivity contribution in [2.24, 2.45) is 0 Å². The summed E-state index contributed by atoms with van der Waals surface area (Å²) in [7, 11) is 0. The molecule has 0 radical (unpaired) electrons. The molecular weight excluding hydrogens is 204 g/mol. The van der Waals surface area contributed by atoms with Gasteiger partial charge in [-0.05, 0) is 39.5 Å². The highest BCUT2D eigenvalue weighted by molar-refractivity contribution is 7.17. The normalized spacial score (nSPS) is 16.7. The minimum absolute atomic E-state index is 1.18. The van der Waals surface area contributed by atoms with Crippen LogP contribution in [0.15, 0.2) is 0 Å². The quantitative estimate of drug-likeness (QED) is 0.623. The molecule has 2 heterocycles. The van der Waals surface area contributed by atoms with E-state index < -0.39 is 0 Å². The van der Waals surface area contributed by atoms with Gasteiger partial charge in [-0.3, -0.25) is 4.40 Å². The Hall–Kier alpha value is -0.830. The van der Waals surface area contributed by atoms with Crippen molar-refractivity contribution in [2.45, 2.75) is 46.0 Å². The van der Waals surface area contributed by atoms with E-state index in [0.717, 1.165) is 0 Å². The van der Waals surface area contributed by atoms with Crippen LogP contribution in [0, 0.1) is 13.8 Å². The van der Waals surface area contributed by atoms with Crippen LogP contribution < -0.4 is 0 Å². The molecule has 0 N–H and O–H groups in total. The largest absolute Gasteiger partial charge is 0.291 e. The summed E-state index contributed by atoms with van der Waals surface area (Å²) in [5, 5.41) is 0. The molecule has 3 rings (SSSR count). The summed E-state index contributed by atoms with van der Waals surface area (Å²) in [6, 6.07) is 0. The fourth-order valence-corrected chi connectivity index (χ4v) is 3.48. The SMILES string of the molecule is Cc1sc2nc3c(n2c1C)CCCCC3. The lowest BCUT2D eigenvalue weighted by Gasteiger charge is -2.00. The van der Waals surface area contributed by atoms with Gasteiger partial charge in [0.2, 0.25) is 0 Å². The number of hydrogen-bond donors (Lipinski definition) is 0. The molecule has 0 unspecified atom stereocenters. The summed E-state index contributed by atoms with van der Waals surface area (Å²) in [6.45, 7) is 4.41. The van der Waals surface area contributed by atoms with Gasteiger partial charge in [0, 0.05) is 16.3 Å². The Labute approximate surface area is 94.0 Å². The van der Waals surface area contributed by atoms with Gasteiger partial charge in [-0.2, -0.15) is 0 Å². The third-order valence-electron chi connectivity index (χ3n) is 3.44. The third kappa shape index (κ3) is 1.33. The van der Waals surface area contributed by atoms with Crippen molar-refractivity contribution < 1.29 is 0 Å². The number of aryl methyl sites for hydroxylation is 4. The Kier molecular flexibility index (Phi) is 2.09. The van der Waals surface area contributed by atoms with Gasteiger partial charge < -0.3 is 0 Å². The highest BCUT2D eigenvalue weighted by Gasteiger charge is 2.18. The first-order chi connectivity index (χ1) is 7.27. The van der Waals surface area contributed by atoms with Gasteiger partial charge in [0.05, 0.1) is 5.69 Å². The number of aromatic nitrogens is 2. The number of fused-ring (bicyclic) bond motifs is 3. The Morgan fingerprint density at radius 1 is 1.13 bits per heavy atom. The highest BCUT2D eigenvalue weighted by Crippen LogP contribution is 2.28. The molecule has 2 aromatic rings. The minimum Gasteiger partial charge on any atom is -0.291 e. The Morgan fingerprint density at radius 3 is 2.80 bits per heavy atom. The van der Waals surface area contributed by atoms with Crippen LogP contribution in [0.5, 0.6) is 0 Å². The molecule has 3 heteroatoms. The molecule has 15 heavy (non-hydrogen) atoms. The van der Waals surface area contributed by atoms with Gasteiger partial charge >= 0.3 is 0 Å². The Bertz CT molecular complexity index is 507. The summed E-state index contributed by atoms with van der Waals surface area (Å²) < 4.78 is 2.39. The van der Waals surface area contributed by atoms with E-state index >= 15 is 0 Å². The molecule has 0 fully saturated rings. The number of thiazole rings is 1. The molecule has 2 aromatic heterocycles. The van der Waals surface area contributed by atoms with Crippen molar-refractivity contribution >= 4 is 16.3 Å². The van der Waals surface area contributed by atoms with Crippen LogP contribution in [-0.4, -0.2) is 9.38 Å². The van der Waals surface area contributed by atoms with Crippen LogP contribution in [-0.2, 0) is 12.8 Å². The van der Waals surface area contributed by atoms with Crippen LogP contribution in [0.2, 0.25) is 0 Å². The van der Waals surface area contributed by atoms with Crippen LogP contribution in [0.1, 0.15) is 41.2 Å². The molecule has 0 saturated heterocycles. The summed E-state index contributed by atoms with van der Waals surface area (Å²) in [5.74, 6) is 0. The maximum atomic E-state index is 4.78. The fourth-order valence-electron chi connectivity index (χ4n) is 2.48. The van der Waals surface area contributed by atoms with E-state index in [1.807, 2.05) is 11.3 Å². The summed E-state index contributed by atoms with van der Waals surface area (Å²) >= 11 is 1.83. The zero-order chi connectivity index (χ0) is 10.4. The Morgan fingerprint density at radius 2 is 1.93 bits per heavy atom. The maximum absolute atomic E-state index is 4.78. The number of rotatable bonds is 0. The minimum atomic E-state index is 1.18. The molecule has 0 aliphatic heterocycles. The molecular formula is C12H16N2S. The number of nitrogens with zero attached hydrogens (tertiary/aromatic N) is 2. The van der Waals surface area contributed by atoms with Crippen molar-refractivity contribution in [3.63, 3.8) is 0 Å². The van der Waals surface area contributed by atoms with Crippen molar-refractivity contribution in [2.75, 3.05) is 0 Å². The van der Waals surface area contributed by atoms with Crippen LogP contribution >= 0.6 is 11.3 Å². The second kappa shape index (κ2) is 3.34. The second-order valence-corrected chi connectivity index (χ2v) is 5.61. The Balaban J connectivity index is 2.27. The van der Waals surface area contributed by atoms with Crippen molar-refractivity contribution in [3.8, 4) is 0 Å². The molecule has 1 aliphatic carbocycles. The van der Waals surface area contributed by atoms with E-state index in [9.17, 15) is 0 Å². The molecule has 2 nitrogen and oxygen atoms in total. The standard InChI is InChI=1S/C12H16N2S/c1-8-9(2)15-12-13-10-6-4-3-5-7-11(10)14(8)12/h3-7H2,1-2H3. The lowest BCUT2D eigenvalue weighted by molar-refractivity contribution is 0.701. The van der Waals surface area contributed by atoms with E-state index in [-0.39, 0.29) is 0 Å². The van der Waals surface area contributed by atoms with E-state index in [1.165, 1.54) is 59.0 Å². The first-order valence-electron chi connectivity index (χ1n) is 5.73. The van der Waals surface area contributed by atoms with Crippen LogP contribution in [0.25, 0.3) is 4.96 Å². The monoisotopic (exact) mass is 220 g/mol. The molecule has 80 valence electrons. The van der Waals surface area contributed by atoms with Crippen LogP contribution in [0.4, 0.5) is 0 Å². The van der Waals surface area contributed by atoms with E-state index in [2.05, 4.69) is 18.2 Å². The highest BCUT2D eigenvalue weighted by atomic mass is 32.1. The smallest absolute Gasteiger partial charge is 0.194 e. The molecule has 0 amide bonds. The lowest BCUT2D eigenvalue weighted by atomic mass is 10.2. The maximum Gasteiger partial charge on any atom is 0.194 e. The molecule has 0 saturated carbocycles. The van der Waals surface area contributed by atoms with E-state index in [4.69, 9.17) is 4.98 Å².